The SMILES string of the molecule is Cc1cccc2n[c]c(F)n12. The Bertz CT molecular complexity index is 392. The van der Waals surface area contributed by atoms with Gasteiger partial charge < -0.3 is 0 Å². The lowest BCUT2D eigenvalue weighted by Crippen LogP contribution is -1.92. The van der Waals surface area contributed by atoms with Crippen molar-refractivity contribution in [2.75, 3.05) is 0 Å². The van der Waals surface area contributed by atoms with Gasteiger partial charge in [0.2, 0.25) is 5.95 Å². The zero-order valence-corrected chi connectivity index (χ0v) is 6.00. The van der Waals surface area contributed by atoms with Crippen molar-refractivity contribution in [1.82, 2.24) is 9.38 Å². The van der Waals surface area contributed by atoms with Crippen LogP contribution in [0.25, 0.3) is 5.65 Å². The quantitative estimate of drug-likeness (QED) is 0.556. The Morgan fingerprint density at radius 2 is 2.36 bits per heavy atom. The molecule has 0 aliphatic rings. The second-order valence-corrected chi connectivity index (χ2v) is 2.38. The molecule has 0 saturated carbocycles. The summed E-state index contributed by atoms with van der Waals surface area (Å²) in [4.78, 5) is 3.74. The lowest BCUT2D eigenvalue weighted by atomic mass is 10.4. The molecule has 0 aliphatic carbocycles. The highest BCUT2D eigenvalue weighted by molar-refractivity contribution is 5.39. The van der Waals surface area contributed by atoms with Crippen molar-refractivity contribution in [3.63, 3.8) is 0 Å². The molecule has 0 aromatic carbocycles. The summed E-state index contributed by atoms with van der Waals surface area (Å²) in [7, 11) is 0. The minimum absolute atomic E-state index is 0.432. The van der Waals surface area contributed by atoms with E-state index in [1.165, 1.54) is 4.40 Å². The number of imidazole rings is 1. The summed E-state index contributed by atoms with van der Waals surface area (Å²) in [5, 5.41) is 0. The molecule has 2 heterocycles. The van der Waals surface area contributed by atoms with Crippen LogP contribution in [0.5, 0.6) is 0 Å². The van der Waals surface area contributed by atoms with E-state index in [0.29, 0.717) is 5.65 Å². The van der Waals surface area contributed by atoms with E-state index in [1.807, 2.05) is 19.1 Å². The number of nitrogens with zero attached hydrogens (tertiary/aromatic N) is 2. The highest BCUT2D eigenvalue weighted by atomic mass is 19.1. The molecule has 0 aliphatic heterocycles. The van der Waals surface area contributed by atoms with Crippen molar-refractivity contribution in [2.45, 2.75) is 6.92 Å². The Kier molecular flexibility index (Phi) is 1.18. The monoisotopic (exact) mass is 149 g/mol. The van der Waals surface area contributed by atoms with Gasteiger partial charge in [-0.3, -0.25) is 4.40 Å². The average Bonchev–Trinajstić information content (AvgIpc) is 2.34. The Labute approximate surface area is 63.3 Å². The molecule has 0 bridgehead atoms. The first-order valence-corrected chi connectivity index (χ1v) is 3.30. The molecule has 2 rings (SSSR count). The van der Waals surface area contributed by atoms with Gasteiger partial charge in [0.15, 0.2) is 0 Å². The third-order valence-electron chi connectivity index (χ3n) is 1.62. The highest BCUT2D eigenvalue weighted by Gasteiger charge is 2.02. The maximum atomic E-state index is 12.9. The van der Waals surface area contributed by atoms with Gasteiger partial charge in [0.25, 0.3) is 0 Å². The molecule has 0 unspecified atom stereocenters. The van der Waals surface area contributed by atoms with Crippen LogP contribution in [-0.4, -0.2) is 9.38 Å². The first-order valence-electron chi connectivity index (χ1n) is 3.30. The Balaban J connectivity index is 2.96. The molecular formula is C8H6FN2. The molecule has 2 nitrogen and oxygen atoms in total. The van der Waals surface area contributed by atoms with E-state index < -0.39 is 5.95 Å². The summed E-state index contributed by atoms with van der Waals surface area (Å²) in [5.74, 6) is -0.432. The maximum Gasteiger partial charge on any atom is 0.228 e. The van der Waals surface area contributed by atoms with Crippen LogP contribution in [0.15, 0.2) is 18.2 Å². The molecule has 55 valence electrons. The maximum absolute atomic E-state index is 12.9. The molecule has 2 aromatic rings. The van der Waals surface area contributed by atoms with E-state index in [-0.39, 0.29) is 0 Å². The molecule has 0 saturated heterocycles. The van der Waals surface area contributed by atoms with Crippen LogP contribution >= 0.6 is 0 Å². The summed E-state index contributed by atoms with van der Waals surface area (Å²) in [6.07, 6.45) is 2.26. The number of pyridine rings is 1. The van der Waals surface area contributed by atoms with Crippen LogP contribution in [0.4, 0.5) is 4.39 Å². The van der Waals surface area contributed by atoms with Gasteiger partial charge in [-0.25, -0.2) is 4.98 Å². The molecule has 11 heavy (non-hydrogen) atoms. The number of hydrogen-bond acceptors (Lipinski definition) is 1. The summed E-state index contributed by atoms with van der Waals surface area (Å²) < 4.78 is 14.3. The van der Waals surface area contributed by atoms with Crippen LogP contribution in [-0.2, 0) is 0 Å². The molecular weight excluding hydrogens is 143 g/mol. The van der Waals surface area contributed by atoms with Gasteiger partial charge in [-0.15, -0.1) is 0 Å². The van der Waals surface area contributed by atoms with Crippen molar-refractivity contribution >= 4 is 5.65 Å². The lowest BCUT2D eigenvalue weighted by molar-refractivity contribution is 0.566. The predicted molar refractivity (Wildman–Crippen MR) is 38.7 cm³/mol. The summed E-state index contributed by atoms with van der Waals surface area (Å²) in [6, 6.07) is 5.41. The van der Waals surface area contributed by atoms with Crippen LogP contribution in [0.3, 0.4) is 0 Å². The van der Waals surface area contributed by atoms with Crippen molar-refractivity contribution in [1.29, 1.82) is 0 Å². The Hall–Kier alpha value is -1.38. The third kappa shape index (κ3) is 0.808. The van der Waals surface area contributed by atoms with Gasteiger partial charge in [0.05, 0.1) is 0 Å². The zero-order chi connectivity index (χ0) is 7.84. The number of hydrogen-bond donors (Lipinski definition) is 0. The average molecular weight is 149 g/mol. The van der Waals surface area contributed by atoms with Crippen LogP contribution in [0.2, 0.25) is 0 Å². The third-order valence-corrected chi connectivity index (χ3v) is 1.62. The predicted octanol–water partition coefficient (Wildman–Crippen LogP) is 1.58. The van der Waals surface area contributed by atoms with Gasteiger partial charge in [0, 0.05) is 5.69 Å². The normalized spacial score (nSPS) is 10.7. The molecule has 2 aromatic heterocycles. The fraction of sp³-hybridized carbons (Fsp3) is 0.125. The number of fused-ring (bicyclic) bond motifs is 1. The van der Waals surface area contributed by atoms with Crippen LogP contribution in [0.1, 0.15) is 5.69 Å². The Morgan fingerprint density at radius 3 is 3.09 bits per heavy atom. The second-order valence-electron chi connectivity index (χ2n) is 2.38. The van der Waals surface area contributed by atoms with Crippen molar-refractivity contribution < 1.29 is 4.39 Å². The molecule has 0 amide bonds. The minimum Gasteiger partial charge on any atom is -0.273 e. The smallest absolute Gasteiger partial charge is 0.228 e. The summed E-state index contributed by atoms with van der Waals surface area (Å²) >= 11 is 0. The van der Waals surface area contributed by atoms with Gasteiger partial charge in [-0.05, 0) is 19.1 Å². The minimum atomic E-state index is -0.432. The van der Waals surface area contributed by atoms with Gasteiger partial charge in [-0.2, -0.15) is 4.39 Å². The first kappa shape index (κ1) is 6.34. The van der Waals surface area contributed by atoms with Crippen molar-refractivity contribution in [3.05, 3.63) is 36.0 Å². The van der Waals surface area contributed by atoms with Gasteiger partial charge in [0.1, 0.15) is 11.8 Å². The molecule has 0 N–H and O–H groups in total. The van der Waals surface area contributed by atoms with E-state index in [0.717, 1.165) is 5.69 Å². The molecule has 0 fully saturated rings. The zero-order valence-electron chi connectivity index (χ0n) is 6.00. The first-order chi connectivity index (χ1) is 5.29. The number of halogens is 1. The number of aromatic nitrogens is 2. The number of aryl methyl sites for hydroxylation is 1. The highest BCUT2D eigenvalue weighted by Crippen LogP contribution is 2.07. The van der Waals surface area contributed by atoms with Crippen LogP contribution in [0, 0.1) is 19.1 Å². The summed E-state index contributed by atoms with van der Waals surface area (Å²) in [5.41, 5.74) is 1.43. The van der Waals surface area contributed by atoms with E-state index >= 15 is 0 Å². The van der Waals surface area contributed by atoms with E-state index in [4.69, 9.17) is 0 Å². The molecule has 0 spiro atoms. The van der Waals surface area contributed by atoms with Gasteiger partial charge >= 0.3 is 0 Å². The van der Waals surface area contributed by atoms with Crippen molar-refractivity contribution in [2.24, 2.45) is 0 Å². The van der Waals surface area contributed by atoms with Crippen LogP contribution < -0.4 is 0 Å². The fourth-order valence-corrected chi connectivity index (χ4v) is 1.10. The molecule has 0 atom stereocenters. The number of rotatable bonds is 0. The summed E-state index contributed by atoms with van der Waals surface area (Å²) in [6.45, 7) is 1.82. The lowest BCUT2D eigenvalue weighted by Gasteiger charge is -1.97. The molecule has 3 heteroatoms. The second kappa shape index (κ2) is 2.05. The topological polar surface area (TPSA) is 17.3 Å². The largest absolute Gasteiger partial charge is 0.273 e. The molecule has 1 radical (unpaired) electrons. The van der Waals surface area contributed by atoms with E-state index in [2.05, 4.69) is 11.2 Å². The fourth-order valence-electron chi connectivity index (χ4n) is 1.10. The van der Waals surface area contributed by atoms with E-state index in [9.17, 15) is 4.39 Å². The Morgan fingerprint density at radius 1 is 1.55 bits per heavy atom. The van der Waals surface area contributed by atoms with E-state index in [1.54, 1.807) is 6.07 Å². The van der Waals surface area contributed by atoms with Crippen molar-refractivity contribution in [3.8, 4) is 0 Å². The standard InChI is InChI=1S/C8H6FN2/c1-6-3-2-4-8-10-5-7(9)11(6)8/h2-4H,1H3. The van der Waals surface area contributed by atoms with Gasteiger partial charge in [-0.1, -0.05) is 6.07 Å².